The molecule has 111 heavy (non-hydrogen) atoms. The van der Waals surface area contributed by atoms with Crippen LogP contribution in [0.15, 0.2) is 173 Å². The van der Waals surface area contributed by atoms with E-state index >= 15 is 0 Å². The number of nitrogens with two attached hydrogens (primary N) is 3. The van der Waals surface area contributed by atoms with Gasteiger partial charge in [0.25, 0.3) is 0 Å². The smallest absolute Gasteiger partial charge is 0.328 e. The third-order valence-electron chi connectivity index (χ3n) is 20.4. The van der Waals surface area contributed by atoms with Gasteiger partial charge in [0.1, 0.15) is 51.4 Å². The summed E-state index contributed by atoms with van der Waals surface area (Å²) in [5, 5.41) is 7.23. The highest BCUT2D eigenvalue weighted by atomic mass is 16.5. The lowest BCUT2D eigenvalue weighted by Crippen LogP contribution is -2.34. The number of hydrogen-bond donors (Lipinski definition) is 7. The van der Waals surface area contributed by atoms with Gasteiger partial charge >= 0.3 is 29.4 Å². The number of benzene rings is 6. The predicted molar refractivity (Wildman–Crippen MR) is 428 cm³/mol. The third-order valence-corrected chi connectivity index (χ3v) is 20.4. The maximum absolute atomic E-state index is 12.7. The molecule has 6 aromatic heterocycles. The fourth-order valence-corrected chi connectivity index (χ4v) is 13.8. The van der Waals surface area contributed by atoms with Crippen LogP contribution in [0.1, 0.15) is 127 Å². The first-order chi connectivity index (χ1) is 54.3. The van der Waals surface area contributed by atoms with E-state index in [-0.39, 0.29) is 41.0 Å². The summed E-state index contributed by atoms with van der Waals surface area (Å²) < 4.78 is 46.5. The topological polar surface area (TPSA) is 337 Å². The molecule has 5 aliphatic rings. The SMILES string of the molecule is COCCCCc1ccc(Oc2ccc3cc2C/C=C/CCOc2nc(N)c4[nH]c(=O)n(c4n2)C3)cc1.Cc1nc2c(N)nc3nc2n1Cc1ccc(Oc2cccc(CNC4CCC4)c2)c(c1)C/C=C\CCO3.Nc1nc2nc3c1[nH]c(=O)n3Cc1ccc(Oc3ccc(CNC4CCC4)cc3)c(c1)C/C=C/CCO2. The summed E-state index contributed by atoms with van der Waals surface area (Å²) in [5.41, 5.74) is 30.6. The van der Waals surface area contributed by atoms with E-state index in [0.29, 0.717) is 117 Å². The number of aromatic nitrogens is 12. The highest BCUT2D eigenvalue weighted by molar-refractivity contribution is 5.84. The second-order valence-corrected chi connectivity index (χ2v) is 28.5. The van der Waals surface area contributed by atoms with Crippen LogP contribution in [0, 0.1) is 6.92 Å². The molecule has 2 fully saturated rings. The zero-order chi connectivity index (χ0) is 76.0. The van der Waals surface area contributed by atoms with Crippen LogP contribution in [0.25, 0.3) is 33.5 Å². The lowest BCUT2D eigenvalue weighted by molar-refractivity contribution is 0.193. The van der Waals surface area contributed by atoms with Crippen LogP contribution < -0.4 is 67.6 Å². The maximum Gasteiger partial charge on any atom is 0.328 e. The Bertz CT molecular complexity index is 5480. The van der Waals surface area contributed by atoms with Crippen molar-refractivity contribution in [3.05, 3.63) is 241 Å². The third kappa shape index (κ3) is 18.6. The Labute approximate surface area is 642 Å². The minimum absolute atomic E-state index is 0.161. The van der Waals surface area contributed by atoms with Gasteiger partial charge in [-0.25, -0.2) is 14.6 Å². The Morgan fingerprint density at radius 2 is 0.919 bits per heavy atom. The van der Waals surface area contributed by atoms with Crippen molar-refractivity contribution in [2.75, 3.05) is 50.7 Å². The van der Waals surface area contributed by atoms with E-state index in [2.05, 4.69) is 169 Å². The molecule has 572 valence electrons. The number of fused-ring (bicyclic) bond motifs is 9. The molecule has 0 amide bonds. The monoisotopic (exact) mass is 1500 g/mol. The highest BCUT2D eigenvalue weighted by Crippen LogP contribution is 2.34. The van der Waals surface area contributed by atoms with E-state index in [4.69, 9.17) is 50.4 Å². The molecule has 9 heterocycles. The van der Waals surface area contributed by atoms with E-state index < -0.39 is 0 Å². The van der Waals surface area contributed by atoms with E-state index in [1.165, 1.54) is 55.2 Å². The number of aryl methyl sites for hydroxylation is 2. The number of nitrogens with zero attached hydrogens (tertiary/aromatic N) is 10. The van der Waals surface area contributed by atoms with Gasteiger partial charge in [-0.3, -0.25) is 9.13 Å². The molecule has 2 saturated carbocycles. The van der Waals surface area contributed by atoms with Gasteiger partial charge in [-0.15, -0.1) is 0 Å². The van der Waals surface area contributed by atoms with Gasteiger partial charge in [-0.1, -0.05) is 104 Å². The van der Waals surface area contributed by atoms with Crippen LogP contribution in [0.5, 0.6) is 52.5 Å². The molecule has 26 nitrogen and oxygen atoms in total. The molecule has 0 atom stereocenters. The molecular formula is C85H93N17O9. The molecule has 2 aliphatic carbocycles. The van der Waals surface area contributed by atoms with Gasteiger partial charge in [0.15, 0.2) is 39.9 Å². The van der Waals surface area contributed by atoms with Crippen molar-refractivity contribution in [1.29, 1.82) is 0 Å². The van der Waals surface area contributed by atoms with Gasteiger partial charge < -0.3 is 75.5 Å². The van der Waals surface area contributed by atoms with E-state index in [9.17, 15) is 9.59 Å². The number of hydrogen-bond acceptors (Lipinski definition) is 21. The van der Waals surface area contributed by atoms with Crippen molar-refractivity contribution in [1.82, 2.24) is 69.2 Å². The molecule has 0 unspecified atom stereocenters. The first-order valence-corrected chi connectivity index (χ1v) is 38.3. The second-order valence-electron chi connectivity index (χ2n) is 28.5. The summed E-state index contributed by atoms with van der Waals surface area (Å²) in [5.74, 6) is 6.40. The van der Waals surface area contributed by atoms with Crippen molar-refractivity contribution in [2.24, 2.45) is 0 Å². The highest BCUT2D eigenvalue weighted by Gasteiger charge is 2.23. The molecule has 0 radical (unpaired) electrons. The van der Waals surface area contributed by atoms with Crippen molar-refractivity contribution >= 4 is 50.9 Å². The number of imidazole rings is 3. The summed E-state index contributed by atoms with van der Waals surface area (Å²) in [4.78, 5) is 61.7. The van der Waals surface area contributed by atoms with Crippen molar-refractivity contribution in [3.63, 3.8) is 0 Å². The number of rotatable bonds is 17. The summed E-state index contributed by atoms with van der Waals surface area (Å²) >= 11 is 0. The van der Waals surface area contributed by atoms with Gasteiger partial charge in [-0.2, -0.15) is 29.9 Å². The van der Waals surface area contributed by atoms with Crippen LogP contribution in [0.3, 0.4) is 0 Å². The molecule has 17 rings (SSSR count). The van der Waals surface area contributed by atoms with Crippen molar-refractivity contribution < 1.29 is 33.2 Å². The minimum Gasteiger partial charge on any atom is -0.463 e. The van der Waals surface area contributed by atoms with Crippen LogP contribution in [-0.2, 0) is 63.1 Å². The van der Waals surface area contributed by atoms with Crippen LogP contribution in [0.2, 0.25) is 0 Å². The number of aromatic amines is 2. The molecule has 3 aliphatic heterocycles. The van der Waals surface area contributed by atoms with E-state index in [1.807, 2.05) is 61.5 Å². The number of anilines is 3. The Hall–Kier alpha value is -12.1. The van der Waals surface area contributed by atoms with E-state index in [1.54, 1.807) is 16.2 Å². The number of H-pyrrole nitrogens is 2. The van der Waals surface area contributed by atoms with Crippen LogP contribution >= 0.6 is 0 Å². The molecule has 0 spiro atoms. The quantitative estimate of drug-likeness (QED) is 0.0329. The molecule has 0 saturated heterocycles. The van der Waals surface area contributed by atoms with E-state index in [0.717, 1.165) is 126 Å². The summed E-state index contributed by atoms with van der Waals surface area (Å²) in [6.07, 6.45) is 27.8. The number of nitrogens with one attached hydrogen (secondary N) is 4. The lowest BCUT2D eigenvalue weighted by atomic mass is 9.93. The molecule has 26 heteroatoms. The van der Waals surface area contributed by atoms with Crippen molar-refractivity contribution in [2.45, 2.75) is 148 Å². The normalized spacial score (nSPS) is 15.9. The lowest BCUT2D eigenvalue weighted by Gasteiger charge is -2.26. The Morgan fingerprint density at radius 1 is 0.468 bits per heavy atom. The Kier molecular flexibility index (Phi) is 23.5. The standard InChI is InChI=1S/C29H32N6O2.C28H30N6O3.C28H31N5O4/c1-19-32-26-27(30)33-29-34-28(26)35(19)18-21-12-13-25(22(15-21)8-3-2-4-14-36-29)37-24-11-5-7-20(16-24)17-31-23-9-6-10-23;29-25-24-26-33-27(32-25)36-14-3-1-2-5-20-15-19(17-34(26)28(35)31-24)10-13-23(20)37-22-11-8-18(9-12-22)16-30-21-6-4-7-21;1-35-15-6-4-7-19-9-12-22(13-10-19)37-23-14-11-20-17-21(23)8-3-2-5-16-36-27-31-25(29)24-26(32-27)33(18-20)28(34)30-24/h2-3,5,7,11-13,15-16,23,31H,4,6,8-10,14,17-18H2,1H3,(H2,30,33,34);1-2,8-13,15,21,30H,3-7,14,16-17H2,(H,31,35)(H2,29,32,33);2-3,9-14,17H,4-8,15-16,18H2,1H3,(H,30,34)(H2,29,31,32)/b3-2-;2-1+;3-2+. The second kappa shape index (κ2) is 35.1. The zero-order valence-electron chi connectivity index (χ0n) is 62.6. The first kappa shape index (κ1) is 74.3. The van der Waals surface area contributed by atoms with Gasteiger partial charge in [0.2, 0.25) is 0 Å². The number of unbranched alkanes of at least 4 members (excludes halogenated alkanes) is 1. The molecule has 12 aromatic rings. The number of ether oxygens (including phenoxy) is 7. The predicted octanol–water partition coefficient (Wildman–Crippen LogP) is 13.5. The fraction of sp³-hybridized carbons (Fsp3) is 0.329. The van der Waals surface area contributed by atoms with Gasteiger partial charge in [0, 0.05) is 38.9 Å². The summed E-state index contributed by atoms with van der Waals surface area (Å²) in [7, 11) is 1.73. The molecule has 10 N–H and O–H groups in total. The number of nitrogen functional groups attached to an aromatic ring is 3. The largest absolute Gasteiger partial charge is 0.463 e. The maximum atomic E-state index is 12.7. The average Bonchev–Trinajstić information content (AvgIpc) is 1.65. The fourth-order valence-electron chi connectivity index (χ4n) is 13.8. The Balaban J connectivity index is 0.000000132. The molecule has 6 aromatic carbocycles. The number of allylic oxidation sites excluding steroid dienone is 3. The zero-order valence-corrected chi connectivity index (χ0v) is 62.6. The average molecular weight is 1500 g/mol. The molecular weight excluding hydrogens is 1400 g/mol. The van der Waals surface area contributed by atoms with Crippen molar-refractivity contribution in [3.8, 4) is 52.5 Å². The van der Waals surface area contributed by atoms with Gasteiger partial charge in [0.05, 0.1) is 39.5 Å². The van der Waals surface area contributed by atoms with Gasteiger partial charge in [-0.05, 0) is 213 Å². The summed E-state index contributed by atoms with van der Waals surface area (Å²) in [6.45, 7) is 7.03. The first-order valence-electron chi connectivity index (χ1n) is 38.3. The number of methoxy groups -OCH3 is 1. The Morgan fingerprint density at radius 3 is 1.40 bits per heavy atom. The minimum atomic E-state index is -0.302. The van der Waals surface area contributed by atoms with Crippen LogP contribution in [-0.4, -0.2) is 104 Å². The van der Waals surface area contributed by atoms with Crippen LogP contribution in [0.4, 0.5) is 17.5 Å². The summed E-state index contributed by atoms with van der Waals surface area (Å²) in [6, 6.07) is 45.2. The molecule has 12 bridgehead atoms.